The molecule has 1 unspecified atom stereocenters. The molecule has 96 valence electrons. The van der Waals surface area contributed by atoms with Crippen molar-refractivity contribution in [3.05, 3.63) is 28.2 Å². The maximum atomic E-state index is 12.5. The first-order chi connectivity index (χ1) is 7.71. The van der Waals surface area contributed by atoms with Gasteiger partial charge in [0, 0.05) is 10.2 Å². The Hall–Kier alpha value is -0.850. The lowest BCUT2D eigenvalue weighted by Gasteiger charge is -2.16. The Balaban J connectivity index is 2.97. The van der Waals surface area contributed by atoms with Crippen LogP contribution in [0.3, 0.4) is 0 Å². The topological polar surface area (TPSA) is 12.0 Å². The van der Waals surface area contributed by atoms with Crippen LogP contribution in [-0.2, 0) is 6.18 Å². The lowest BCUT2D eigenvalue weighted by atomic mass is 10.2. The van der Waals surface area contributed by atoms with E-state index in [0.717, 1.165) is 6.07 Å². The molecule has 17 heavy (non-hydrogen) atoms. The van der Waals surface area contributed by atoms with E-state index < -0.39 is 24.2 Å². The highest BCUT2D eigenvalue weighted by Gasteiger charge is 2.33. The molecule has 1 N–H and O–H groups in total. The van der Waals surface area contributed by atoms with Gasteiger partial charge in [0.15, 0.2) is 0 Å². The van der Waals surface area contributed by atoms with Crippen LogP contribution in [0.25, 0.3) is 0 Å². The van der Waals surface area contributed by atoms with Crippen LogP contribution in [0.2, 0.25) is 0 Å². The first-order valence-corrected chi connectivity index (χ1v) is 5.42. The number of benzene rings is 1. The number of halogens is 6. The predicted octanol–water partition coefficient (Wildman–Crippen LogP) is 4.53. The minimum Gasteiger partial charge on any atom is -0.377 e. The third-order valence-corrected chi connectivity index (χ3v) is 2.74. The SMILES string of the molecule is CC(Nc1ccc(Br)c(C(F)(F)F)c1)C(F)F. The summed E-state index contributed by atoms with van der Waals surface area (Å²) in [5.74, 6) is 0. The Morgan fingerprint density at radius 3 is 2.29 bits per heavy atom. The van der Waals surface area contributed by atoms with E-state index in [0.29, 0.717) is 0 Å². The second-order valence-electron chi connectivity index (χ2n) is 3.46. The quantitative estimate of drug-likeness (QED) is 0.807. The highest BCUT2D eigenvalue weighted by atomic mass is 79.9. The molecule has 0 radical (unpaired) electrons. The van der Waals surface area contributed by atoms with Gasteiger partial charge in [0.25, 0.3) is 6.43 Å². The van der Waals surface area contributed by atoms with E-state index in [9.17, 15) is 22.0 Å². The second-order valence-corrected chi connectivity index (χ2v) is 4.31. The molecule has 0 saturated carbocycles. The molecule has 0 bridgehead atoms. The summed E-state index contributed by atoms with van der Waals surface area (Å²) in [4.78, 5) is 0. The van der Waals surface area contributed by atoms with Crippen molar-refractivity contribution >= 4 is 21.6 Å². The molecule has 0 aliphatic heterocycles. The van der Waals surface area contributed by atoms with Crippen molar-refractivity contribution in [3.63, 3.8) is 0 Å². The molecule has 1 aromatic carbocycles. The Morgan fingerprint density at radius 2 is 1.82 bits per heavy atom. The van der Waals surface area contributed by atoms with Gasteiger partial charge >= 0.3 is 6.18 Å². The van der Waals surface area contributed by atoms with Gasteiger partial charge in [-0.2, -0.15) is 13.2 Å². The van der Waals surface area contributed by atoms with Gasteiger partial charge < -0.3 is 5.32 Å². The van der Waals surface area contributed by atoms with E-state index in [-0.39, 0.29) is 10.2 Å². The summed E-state index contributed by atoms with van der Waals surface area (Å²) in [5.41, 5.74) is -0.891. The fourth-order valence-corrected chi connectivity index (χ4v) is 1.63. The molecule has 0 spiro atoms. The lowest BCUT2D eigenvalue weighted by Crippen LogP contribution is -2.24. The number of hydrogen-bond donors (Lipinski definition) is 1. The molecule has 0 saturated heterocycles. The Kier molecular flexibility index (Phi) is 4.35. The van der Waals surface area contributed by atoms with Crippen molar-refractivity contribution in [1.82, 2.24) is 0 Å². The summed E-state index contributed by atoms with van der Waals surface area (Å²) < 4.78 is 61.9. The lowest BCUT2D eigenvalue weighted by molar-refractivity contribution is -0.138. The van der Waals surface area contributed by atoms with Crippen LogP contribution in [-0.4, -0.2) is 12.5 Å². The third-order valence-electron chi connectivity index (χ3n) is 2.04. The molecule has 7 heteroatoms. The molecule has 0 aromatic heterocycles. The minimum atomic E-state index is -4.52. The van der Waals surface area contributed by atoms with Crippen LogP contribution in [0.1, 0.15) is 12.5 Å². The normalized spacial score (nSPS) is 13.9. The van der Waals surface area contributed by atoms with Crippen LogP contribution in [0.5, 0.6) is 0 Å². The number of alkyl halides is 5. The summed E-state index contributed by atoms with van der Waals surface area (Å²) >= 11 is 2.77. The Labute approximate surface area is 103 Å². The van der Waals surface area contributed by atoms with E-state index in [1.165, 1.54) is 19.1 Å². The van der Waals surface area contributed by atoms with E-state index in [1.54, 1.807) is 0 Å². The number of anilines is 1. The molecule has 0 fully saturated rings. The second kappa shape index (κ2) is 5.20. The molecular formula is C10H9BrF5N. The van der Waals surface area contributed by atoms with Gasteiger partial charge in [0.1, 0.15) is 0 Å². The smallest absolute Gasteiger partial charge is 0.377 e. The molecule has 1 atom stereocenters. The predicted molar refractivity (Wildman–Crippen MR) is 58.2 cm³/mol. The van der Waals surface area contributed by atoms with E-state index in [4.69, 9.17) is 0 Å². The van der Waals surface area contributed by atoms with Crippen molar-refractivity contribution in [2.24, 2.45) is 0 Å². The van der Waals surface area contributed by atoms with Gasteiger partial charge in [0.2, 0.25) is 0 Å². The van der Waals surface area contributed by atoms with E-state index in [1.807, 2.05) is 0 Å². The largest absolute Gasteiger partial charge is 0.417 e. The van der Waals surface area contributed by atoms with Gasteiger partial charge in [-0.1, -0.05) is 15.9 Å². The van der Waals surface area contributed by atoms with Gasteiger partial charge in [-0.15, -0.1) is 0 Å². The number of rotatable bonds is 3. The van der Waals surface area contributed by atoms with Gasteiger partial charge in [-0.25, -0.2) is 8.78 Å². The first kappa shape index (κ1) is 14.2. The Bertz CT molecular complexity index is 391. The highest BCUT2D eigenvalue weighted by molar-refractivity contribution is 9.10. The zero-order valence-electron chi connectivity index (χ0n) is 8.65. The van der Waals surface area contributed by atoms with Crippen LogP contribution in [0.15, 0.2) is 22.7 Å². The van der Waals surface area contributed by atoms with Crippen LogP contribution >= 0.6 is 15.9 Å². The standard InChI is InChI=1S/C10H9BrF5N/c1-5(9(12)13)17-6-2-3-8(11)7(4-6)10(14,15)16/h2-5,9,17H,1H3. The zero-order valence-corrected chi connectivity index (χ0v) is 10.2. The zero-order chi connectivity index (χ0) is 13.2. The average Bonchev–Trinajstić information content (AvgIpc) is 2.19. The minimum absolute atomic E-state index is 0.00771. The highest BCUT2D eigenvalue weighted by Crippen LogP contribution is 2.36. The van der Waals surface area contributed by atoms with E-state index >= 15 is 0 Å². The van der Waals surface area contributed by atoms with Crippen LogP contribution < -0.4 is 5.32 Å². The van der Waals surface area contributed by atoms with Crippen molar-refractivity contribution in [3.8, 4) is 0 Å². The molecule has 1 nitrogen and oxygen atoms in total. The maximum Gasteiger partial charge on any atom is 0.417 e. The average molecular weight is 318 g/mol. The molecule has 0 aliphatic carbocycles. The summed E-state index contributed by atoms with van der Waals surface area (Å²) in [6.07, 6.45) is -7.17. The molecular weight excluding hydrogens is 309 g/mol. The van der Waals surface area contributed by atoms with Crippen LogP contribution in [0.4, 0.5) is 27.6 Å². The number of nitrogens with one attached hydrogen (secondary N) is 1. The van der Waals surface area contributed by atoms with Crippen LogP contribution in [0, 0.1) is 0 Å². The molecule has 1 rings (SSSR count). The summed E-state index contributed by atoms with van der Waals surface area (Å²) in [6.45, 7) is 1.19. The summed E-state index contributed by atoms with van der Waals surface area (Å²) in [7, 11) is 0. The monoisotopic (exact) mass is 317 g/mol. The molecule has 0 amide bonds. The first-order valence-electron chi connectivity index (χ1n) is 4.63. The van der Waals surface area contributed by atoms with E-state index in [2.05, 4.69) is 21.2 Å². The van der Waals surface area contributed by atoms with Gasteiger partial charge in [0.05, 0.1) is 11.6 Å². The molecule has 0 heterocycles. The molecule has 1 aromatic rings. The van der Waals surface area contributed by atoms with Crippen molar-refractivity contribution < 1.29 is 22.0 Å². The summed E-state index contributed by atoms with van der Waals surface area (Å²) in [5, 5.41) is 2.31. The fraction of sp³-hybridized carbons (Fsp3) is 0.400. The Morgan fingerprint density at radius 1 is 1.24 bits per heavy atom. The molecule has 0 aliphatic rings. The number of hydrogen-bond acceptors (Lipinski definition) is 1. The van der Waals surface area contributed by atoms with Crippen molar-refractivity contribution in [2.75, 3.05) is 5.32 Å². The third kappa shape index (κ3) is 3.83. The van der Waals surface area contributed by atoms with Crippen molar-refractivity contribution in [1.29, 1.82) is 0 Å². The maximum absolute atomic E-state index is 12.5. The fourth-order valence-electron chi connectivity index (χ4n) is 1.16. The van der Waals surface area contributed by atoms with Gasteiger partial charge in [-0.3, -0.25) is 0 Å². The van der Waals surface area contributed by atoms with Crippen molar-refractivity contribution in [2.45, 2.75) is 25.6 Å². The summed E-state index contributed by atoms with van der Waals surface area (Å²) in [6, 6.07) is 2.06. The van der Waals surface area contributed by atoms with Gasteiger partial charge in [-0.05, 0) is 25.1 Å².